The maximum atomic E-state index is 12.3. The van der Waals surface area contributed by atoms with Crippen LogP contribution in [0.15, 0.2) is 47.4 Å². The number of benzene rings is 2. The third kappa shape index (κ3) is 4.65. The fourth-order valence-electron chi connectivity index (χ4n) is 2.36. The van der Waals surface area contributed by atoms with Gasteiger partial charge in [-0.15, -0.1) is 0 Å². The molecule has 2 aromatic rings. The summed E-state index contributed by atoms with van der Waals surface area (Å²) in [5, 5.41) is 0. The highest BCUT2D eigenvalue weighted by Gasteiger charge is 2.22. The molecular formula is C19H20O7S. The molecule has 27 heavy (non-hydrogen) atoms. The Morgan fingerprint density at radius 3 is 2.26 bits per heavy atom. The summed E-state index contributed by atoms with van der Waals surface area (Å²) in [6.07, 6.45) is 0. The Morgan fingerprint density at radius 2 is 1.63 bits per heavy atom. The van der Waals surface area contributed by atoms with E-state index in [-0.39, 0.29) is 21.8 Å². The minimum atomic E-state index is -3.60. The standard InChI is InChI=1S/C19H20O7S/c1-4-27(22,23)18-8-6-5-7-14(18)19(21)26-12-15(20)13-9-10-16(24-2)17(11-13)25-3/h5-11H,4,12H2,1-3H3. The van der Waals surface area contributed by atoms with Crippen molar-refractivity contribution in [3.05, 3.63) is 53.6 Å². The summed E-state index contributed by atoms with van der Waals surface area (Å²) in [5.74, 6) is -0.655. The predicted octanol–water partition coefficient (Wildman–Crippen LogP) is 2.54. The van der Waals surface area contributed by atoms with Crippen molar-refractivity contribution in [2.45, 2.75) is 11.8 Å². The average Bonchev–Trinajstić information content (AvgIpc) is 2.71. The summed E-state index contributed by atoms with van der Waals surface area (Å²) < 4.78 is 39.5. The first kappa shape index (κ1) is 20.4. The number of sulfone groups is 1. The second kappa shape index (κ2) is 8.68. The van der Waals surface area contributed by atoms with E-state index >= 15 is 0 Å². The van der Waals surface area contributed by atoms with Gasteiger partial charge in [-0.2, -0.15) is 0 Å². The fourth-order valence-corrected chi connectivity index (χ4v) is 3.45. The van der Waals surface area contributed by atoms with Crippen LogP contribution >= 0.6 is 0 Å². The Labute approximate surface area is 157 Å². The highest BCUT2D eigenvalue weighted by Crippen LogP contribution is 2.27. The van der Waals surface area contributed by atoms with Crippen LogP contribution < -0.4 is 9.47 Å². The van der Waals surface area contributed by atoms with Crippen LogP contribution in [0, 0.1) is 0 Å². The van der Waals surface area contributed by atoms with Crippen molar-refractivity contribution in [1.82, 2.24) is 0 Å². The Kier molecular flexibility index (Phi) is 6.57. The van der Waals surface area contributed by atoms with Gasteiger partial charge in [-0.3, -0.25) is 4.79 Å². The summed E-state index contributed by atoms with van der Waals surface area (Å²) in [5.41, 5.74) is 0.175. The quantitative estimate of drug-likeness (QED) is 0.503. The fraction of sp³-hybridized carbons (Fsp3) is 0.263. The second-order valence-electron chi connectivity index (χ2n) is 5.47. The monoisotopic (exact) mass is 392 g/mol. The molecule has 144 valence electrons. The van der Waals surface area contributed by atoms with Crippen LogP contribution in [0.4, 0.5) is 0 Å². The first-order valence-electron chi connectivity index (χ1n) is 8.08. The molecule has 2 aromatic carbocycles. The van der Waals surface area contributed by atoms with Crippen molar-refractivity contribution in [3.8, 4) is 11.5 Å². The lowest BCUT2D eigenvalue weighted by molar-refractivity contribution is 0.0471. The van der Waals surface area contributed by atoms with Gasteiger partial charge in [0.1, 0.15) is 0 Å². The van der Waals surface area contributed by atoms with E-state index in [2.05, 4.69) is 0 Å². The van der Waals surface area contributed by atoms with Gasteiger partial charge >= 0.3 is 5.97 Å². The van der Waals surface area contributed by atoms with Gasteiger partial charge in [0.2, 0.25) is 0 Å². The number of carbonyl (C=O) groups is 2. The number of hydrogen-bond donors (Lipinski definition) is 0. The number of rotatable bonds is 8. The third-order valence-corrected chi connectivity index (χ3v) is 5.65. The smallest absolute Gasteiger partial charge is 0.339 e. The first-order chi connectivity index (χ1) is 12.8. The summed E-state index contributed by atoms with van der Waals surface area (Å²) in [6, 6.07) is 10.3. The summed E-state index contributed by atoms with van der Waals surface area (Å²) in [6.45, 7) is 0.951. The summed E-state index contributed by atoms with van der Waals surface area (Å²) in [7, 11) is -0.681. The minimum absolute atomic E-state index is 0.0977. The number of methoxy groups -OCH3 is 2. The molecule has 0 saturated carbocycles. The number of ether oxygens (including phenoxy) is 3. The molecule has 0 heterocycles. The molecular weight excluding hydrogens is 372 g/mol. The molecule has 7 nitrogen and oxygen atoms in total. The van der Waals surface area contributed by atoms with E-state index in [0.717, 1.165) is 0 Å². The van der Waals surface area contributed by atoms with E-state index in [1.165, 1.54) is 57.5 Å². The molecule has 0 spiro atoms. The van der Waals surface area contributed by atoms with Gasteiger partial charge in [0.25, 0.3) is 0 Å². The first-order valence-corrected chi connectivity index (χ1v) is 9.73. The Balaban J connectivity index is 2.16. The van der Waals surface area contributed by atoms with Crippen molar-refractivity contribution in [3.63, 3.8) is 0 Å². The number of ketones is 1. The largest absolute Gasteiger partial charge is 0.493 e. The van der Waals surface area contributed by atoms with Crippen LogP contribution in [0.3, 0.4) is 0 Å². The zero-order chi connectivity index (χ0) is 20.0. The number of carbonyl (C=O) groups excluding carboxylic acids is 2. The van der Waals surface area contributed by atoms with Gasteiger partial charge < -0.3 is 14.2 Å². The highest BCUT2D eigenvalue weighted by atomic mass is 32.2. The molecule has 0 aliphatic carbocycles. The molecule has 0 unspecified atom stereocenters. The van der Waals surface area contributed by atoms with Gasteiger partial charge in [0.05, 0.1) is 30.4 Å². The Bertz CT molecular complexity index is 948. The van der Waals surface area contributed by atoms with Crippen LogP contribution in [-0.4, -0.2) is 46.7 Å². The number of esters is 1. The predicted molar refractivity (Wildman–Crippen MR) is 98.3 cm³/mol. The zero-order valence-corrected chi connectivity index (χ0v) is 16.0. The van der Waals surface area contributed by atoms with Crippen LogP contribution in [0.2, 0.25) is 0 Å². The molecule has 0 bridgehead atoms. The maximum Gasteiger partial charge on any atom is 0.339 e. The van der Waals surface area contributed by atoms with Crippen LogP contribution in [-0.2, 0) is 14.6 Å². The lowest BCUT2D eigenvalue weighted by atomic mass is 10.1. The van der Waals surface area contributed by atoms with Crippen molar-refractivity contribution >= 4 is 21.6 Å². The molecule has 0 aromatic heterocycles. The average molecular weight is 392 g/mol. The van der Waals surface area contributed by atoms with Crippen molar-refractivity contribution in [2.24, 2.45) is 0 Å². The highest BCUT2D eigenvalue weighted by molar-refractivity contribution is 7.91. The van der Waals surface area contributed by atoms with Crippen molar-refractivity contribution in [2.75, 3.05) is 26.6 Å². The van der Waals surface area contributed by atoms with Gasteiger partial charge in [-0.1, -0.05) is 19.1 Å². The van der Waals surface area contributed by atoms with Crippen LogP contribution in [0.25, 0.3) is 0 Å². The SMILES string of the molecule is CCS(=O)(=O)c1ccccc1C(=O)OCC(=O)c1ccc(OC)c(OC)c1. The molecule has 2 rings (SSSR count). The summed E-state index contributed by atoms with van der Waals surface area (Å²) in [4.78, 5) is 24.5. The maximum absolute atomic E-state index is 12.3. The van der Waals surface area contributed by atoms with Crippen molar-refractivity contribution in [1.29, 1.82) is 0 Å². The van der Waals surface area contributed by atoms with Gasteiger partial charge in [-0.05, 0) is 30.3 Å². The van der Waals surface area contributed by atoms with E-state index < -0.39 is 28.2 Å². The van der Waals surface area contributed by atoms with Crippen molar-refractivity contribution < 1.29 is 32.2 Å². The van der Waals surface area contributed by atoms with Gasteiger partial charge in [-0.25, -0.2) is 13.2 Å². The van der Waals surface area contributed by atoms with E-state index in [1.54, 1.807) is 6.07 Å². The molecule has 0 aliphatic heterocycles. The topological polar surface area (TPSA) is 96.0 Å². The Morgan fingerprint density at radius 1 is 0.963 bits per heavy atom. The van der Waals surface area contributed by atoms with E-state index in [1.807, 2.05) is 0 Å². The molecule has 0 atom stereocenters. The van der Waals surface area contributed by atoms with Crippen LogP contribution in [0.1, 0.15) is 27.6 Å². The summed E-state index contributed by atoms with van der Waals surface area (Å²) >= 11 is 0. The van der Waals surface area contributed by atoms with E-state index in [9.17, 15) is 18.0 Å². The lowest BCUT2D eigenvalue weighted by Crippen LogP contribution is -2.17. The molecule has 0 N–H and O–H groups in total. The normalized spacial score (nSPS) is 10.9. The lowest BCUT2D eigenvalue weighted by Gasteiger charge is -2.10. The Hall–Kier alpha value is -2.87. The molecule has 0 saturated heterocycles. The second-order valence-corrected chi connectivity index (χ2v) is 7.72. The van der Waals surface area contributed by atoms with Crippen LogP contribution in [0.5, 0.6) is 11.5 Å². The zero-order valence-electron chi connectivity index (χ0n) is 15.2. The third-order valence-electron chi connectivity index (χ3n) is 3.86. The molecule has 0 aliphatic rings. The number of Topliss-reactive ketones (excluding diaryl/α,β-unsaturated/α-hetero) is 1. The molecule has 8 heteroatoms. The molecule has 0 amide bonds. The van der Waals surface area contributed by atoms with Gasteiger partial charge in [0.15, 0.2) is 33.7 Å². The minimum Gasteiger partial charge on any atom is -0.493 e. The molecule has 0 fully saturated rings. The molecule has 0 radical (unpaired) electrons. The van der Waals surface area contributed by atoms with Gasteiger partial charge in [0, 0.05) is 5.56 Å². The van der Waals surface area contributed by atoms with E-state index in [0.29, 0.717) is 11.5 Å². The number of hydrogen-bond acceptors (Lipinski definition) is 7. The van der Waals surface area contributed by atoms with E-state index in [4.69, 9.17) is 14.2 Å².